The minimum atomic E-state index is -0.458. The monoisotopic (exact) mass is 172 g/mol. The number of esters is 2. The lowest BCUT2D eigenvalue weighted by atomic mass is 10.1. The molecule has 0 bridgehead atoms. The van der Waals surface area contributed by atoms with Gasteiger partial charge in [0.05, 0.1) is 25.0 Å². The van der Waals surface area contributed by atoms with Crippen molar-refractivity contribution in [3.8, 4) is 0 Å². The molecule has 1 heterocycles. The van der Waals surface area contributed by atoms with Crippen molar-refractivity contribution in [2.75, 3.05) is 6.61 Å². The summed E-state index contributed by atoms with van der Waals surface area (Å²) < 4.78 is 9.54. The number of hydrogen-bond acceptors (Lipinski definition) is 4. The Labute approximate surface area is 70.8 Å². The Kier molecular flexibility index (Phi) is 2.81. The van der Waals surface area contributed by atoms with Crippen molar-refractivity contribution in [1.29, 1.82) is 0 Å². The summed E-state index contributed by atoms with van der Waals surface area (Å²) in [5.74, 6) is -1.29. The van der Waals surface area contributed by atoms with Gasteiger partial charge >= 0.3 is 11.9 Å². The highest BCUT2D eigenvalue weighted by Gasteiger charge is 2.33. The Balaban J connectivity index is 2.33. The van der Waals surface area contributed by atoms with E-state index in [1.165, 1.54) is 0 Å². The minimum absolute atomic E-state index is 0.0773. The van der Waals surface area contributed by atoms with Crippen molar-refractivity contribution < 1.29 is 19.1 Å². The third kappa shape index (κ3) is 2.30. The Morgan fingerprint density at radius 2 is 2.25 bits per heavy atom. The largest absolute Gasteiger partial charge is 0.393 e. The van der Waals surface area contributed by atoms with Crippen LogP contribution < -0.4 is 0 Å². The molecule has 0 aromatic carbocycles. The van der Waals surface area contributed by atoms with E-state index >= 15 is 0 Å². The topological polar surface area (TPSA) is 52.6 Å². The van der Waals surface area contributed by atoms with E-state index in [1.54, 1.807) is 0 Å². The van der Waals surface area contributed by atoms with Crippen LogP contribution in [-0.4, -0.2) is 24.6 Å². The molecule has 0 aromatic rings. The van der Waals surface area contributed by atoms with Gasteiger partial charge in [-0.15, -0.1) is 0 Å². The van der Waals surface area contributed by atoms with Gasteiger partial charge in [-0.2, -0.15) is 0 Å². The molecule has 1 aliphatic rings. The number of carbonyl (C=O) groups excluding carboxylic acids is 2. The van der Waals surface area contributed by atoms with Crippen LogP contribution in [0, 0.1) is 5.92 Å². The summed E-state index contributed by atoms with van der Waals surface area (Å²) >= 11 is 0. The second-order valence-electron chi connectivity index (χ2n) is 3.08. The summed E-state index contributed by atoms with van der Waals surface area (Å²) in [6.07, 6.45) is 0.236. The molecule has 0 N–H and O–H groups in total. The first kappa shape index (κ1) is 9.19. The van der Waals surface area contributed by atoms with Crippen LogP contribution in [0.5, 0.6) is 0 Å². The second-order valence-corrected chi connectivity index (χ2v) is 3.08. The van der Waals surface area contributed by atoms with E-state index in [4.69, 9.17) is 4.74 Å². The van der Waals surface area contributed by atoms with Gasteiger partial charge in [0.25, 0.3) is 0 Å². The third-order valence-electron chi connectivity index (χ3n) is 1.59. The maximum absolute atomic E-state index is 10.9. The van der Waals surface area contributed by atoms with Crippen LogP contribution in [0.1, 0.15) is 20.3 Å². The predicted octanol–water partition coefficient (Wildman–Crippen LogP) is 0.501. The van der Waals surface area contributed by atoms with Gasteiger partial charge in [0, 0.05) is 0 Å². The zero-order valence-corrected chi connectivity index (χ0v) is 7.20. The van der Waals surface area contributed by atoms with Gasteiger partial charge in [0.15, 0.2) is 0 Å². The number of rotatable bonds is 3. The molecule has 0 spiro atoms. The average molecular weight is 172 g/mol. The molecule has 12 heavy (non-hydrogen) atoms. The molecule has 0 aliphatic carbocycles. The first-order valence-corrected chi connectivity index (χ1v) is 3.95. The molecule has 0 amide bonds. The molecule has 0 aromatic heterocycles. The van der Waals surface area contributed by atoms with Crippen LogP contribution in [0.25, 0.3) is 0 Å². The fourth-order valence-electron chi connectivity index (χ4n) is 0.957. The van der Waals surface area contributed by atoms with Crippen LogP contribution in [0.4, 0.5) is 0 Å². The highest BCUT2D eigenvalue weighted by atomic mass is 16.6. The molecule has 1 atom stereocenters. The van der Waals surface area contributed by atoms with Gasteiger partial charge in [0.2, 0.25) is 0 Å². The van der Waals surface area contributed by atoms with E-state index in [-0.39, 0.29) is 25.0 Å². The Morgan fingerprint density at radius 1 is 1.58 bits per heavy atom. The molecule has 0 saturated carbocycles. The summed E-state index contributed by atoms with van der Waals surface area (Å²) in [6.45, 7) is 4.03. The highest BCUT2D eigenvalue weighted by Crippen LogP contribution is 2.16. The first-order chi connectivity index (χ1) is 5.59. The highest BCUT2D eigenvalue weighted by molar-refractivity contribution is 5.94. The van der Waals surface area contributed by atoms with Crippen molar-refractivity contribution >= 4 is 11.9 Å². The lowest BCUT2D eigenvalue weighted by Gasteiger charge is -2.08. The summed E-state index contributed by atoms with van der Waals surface area (Å²) in [5.41, 5.74) is 0. The molecular weight excluding hydrogens is 160 g/mol. The van der Waals surface area contributed by atoms with Gasteiger partial charge in [-0.25, -0.2) is 0 Å². The number of ether oxygens (including phenoxy) is 2. The molecule has 1 saturated heterocycles. The Bertz CT molecular complexity index is 197. The number of carbonyl (C=O) groups is 2. The van der Waals surface area contributed by atoms with Gasteiger partial charge in [-0.1, -0.05) is 0 Å². The van der Waals surface area contributed by atoms with E-state index in [0.29, 0.717) is 0 Å². The fraction of sp³-hybridized carbons (Fsp3) is 0.750. The molecule has 1 fully saturated rings. The first-order valence-electron chi connectivity index (χ1n) is 3.95. The van der Waals surface area contributed by atoms with Crippen LogP contribution in [0.2, 0.25) is 0 Å². The SMILES string of the molecule is CC(C)OCC1CC(=O)OC1=O. The Hall–Kier alpha value is -0.900. The Morgan fingerprint density at radius 3 is 2.67 bits per heavy atom. The van der Waals surface area contributed by atoms with Crippen molar-refractivity contribution in [3.05, 3.63) is 0 Å². The van der Waals surface area contributed by atoms with Gasteiger partial charge < -0.3 is 9.47 Å². The average Bonchev–Trinajstić information content (AvgIpc) is 2.26. The molecule has 1 unspecified atom stereocenters. The predicted molar refractivity (Wildman–Crippen MR) is 40.3 cm³/mol. The molecule has 0 radical (unpaired) electrons. The van der Waals surface area contributed by atoms with Gasteiger partial charge in [0.1, 0.15) is 0 Å². The smallest absolute Gasteiger partial charge is 0.319 e. The van der Waals surface area contributed by atoms with Crippen LogP contribution in [0.15, 0.2) is 0 Å². The zero-order valence-electron chi connectivity index (χ0n) is 7.20. The maximum atomic E-state index is 10.9. The van der Waals surface area contributed by atoms with E-state index in [1.807, 2.05) is 13.8 Å². The van der Waals surface area contributed by atoms with Crippen LogP contribution >= 0.6 is 0 Å². The fourth-order valence-corrected chi connectivity index (χ4v) is 0.957. The van der Waals surface area contributed by atoms with E-state index < -0.39 is 11.9 Å². The summed E-state index contributed by atoms with van der Waals surface area (Å²) in [6, 6.07) is 0. The van der Waals surface area contributed by atoms with Gasteiger partial charge in [-0.05, 0) is 13.8 Å². The second kappa shape index (κ2) is 3.67. The van der Waals surface area contributed by atoms with Crippen LogP contribution in [0.3, 0.4) is 0 Å². The normalized spacial score (nSPS) is 23.4. The van der Waals surface area contributed by atoms with Crippen molar-refractivity contribution in [2.45, 2.75) is 26.4 Å². The van der Waals surface area contributed by atoms with Crippen molar-refractivity contribution in [3.63, 3.8) is 0 Å². The molecule has 4 heteroatoms. The lowest BCUT2D eigenvalue weighted by molar-refractivity contribution is -0.153. The van der Waals surface area contributed by atoms with E-state index in [2.05, 4.69) is 4.74 Å². The summed E-state index contributed by atoms with van der Waals surface area (Å²) in [4.78, 5) is 21.5. The summed E-state index contributed by atoms with van der Waals surface area (Å²) in [5, 5.41) is 0. The standard InChI is InChI=1S/C8H12O4/c1-5(2)11-4-6-3-7(9)12-8(6)10/h5-6H,3-4H2,1-2H3. The molecular formula is C8H12O4. The minimum Gasteiger partial charge on any atom is -0.393 e. The van der Waals surface area contributed by atoms with Crippen molar-refractivity contribution in [2.24, 2.45) is 5.92 Å². The molecule has 68 valence electrons. The summed E-state index contributed by atoms with van der Waals surface area (Å²) in [7, 11) is 0. The molecule has 1 aliphatic heterocycles. The quantitative estimate of drug-likeness (QED) is 0.459. The van der Waals surface area contributed by atoms with Crippen molar-refractivity contribution in [1.82, 2.24) is 0 Å². The zero-order chi connectivity index (χ0) is 9.14. The maximum Gasteiger partial charge on any atom is 0.319 e. The van der Waals surface area contributed by atoms with E-state index in [0.717, 1.165) is 0 Å². The van der Waals surface area contributed by atoms with E-state index in [9.17, 15) is 9.59 Å². The molecule has 1 rings (SSSR count). The number of hydrogen-bond donors (Lipinski definition) is 0. The number of cyclic esters (lactones) is 2. The van der Waals surface area contributed by atoms with Crippen LogP contribution in [-0.2, 0) is 19.1 Å². The lowest BCUT2D eigenvalue weighted by Crippen LogP contribution is -2.17. The van der Waals surface area contributed by atoms with Gasteiger partial charge in [-0.3, -0.25) is 9.59 Å². The third-order valence-corrected chi connectivity index (χ3v) is 1.59. The molecule has 4 nitrogen and oxygen atoms in total.